The Hall–Kier alpha value is -3.36. The van der Waals surface area contributed by atoms with Crippen molar-refractivity contribution in [2.45, 2.75) is 0 Å². The minimum Gasteiger partial charge on any atom is -0.192 e. The van der Waals surface area contributed by atoms with Crippen molar-refractivity contribution in [3.05, 3.63) is 83.9 Å². The lowest BCUT2D eigenvalue weighted by atomic mass is 9.93. The number of hydrogen-bond donors (Lipinski definition) is 0. The van der Waals surface area contributed by atoms with E-state index >= 15 is 0 Å². The average Bonchev–Trinajstić information content (AvgIpc) is 2.62. The SMILES string of the molecule is N#Cc1ccc(-c2ccccc2-c2ccccc2)cc1C#N. The largest absolute Gasteiger partial charge is 0.192 e. The van der Waals surface area contributed by atoms with Crippen LogP contribution in [-0.2, 0) is 0 Å². The van der Waals surface area contributed by atoms with Crippen molar-refractivity contribution in [3.63, 3.8) is 0 Å². The second kappa shape index (κ2) is 5.95. The van der Waals surface area contributed by atoms with Crippen molar-refractivity contribution in [3.8, 4) is 34.4 Å². The molecule has 0 aromatic heterocycles. The lowest BCUT2D eigenvalue weighted by Gasteiger charge is -2.10. The van der Waals surface area contributed by atoms with E-state index in [4.69, 9.17) is 5.26 Å². The van der Waals surface area contributed by atoms with Crippen molar-refractivity contribution in [2.75, 3.05) is 0 Å². The zero-order chi connectivity index (χ0) is 15.4. The molecule has 0 saturated carbocycles. The molecule has 3 aromatic carbocycles. The third kappa shape index (κ3) is 2.46. The number of benzene rings is 3. The van der Waals surface area contributed by atoms with Crippen molar-refractivity contribution < 1.29 is 0 Å². The van der Waals surface area contributed by atoms with Crippen LogP contribution in [0.5, 0.6) is 0 Å². The first-order valence-corrected chi connectivity index (χ1v) is 6.92. The van der Waals surface area contributed by atoms with E-state index in [0.29, 0.717) is 11.1 Å². The standard InChI is InChI=1S/C20H12N2/c21-13-17-11-10-16(12-18(17)14-22)20-9-5-4-8-19(20)15-6-2-1-3-7-15/h1-12H. The van der Waals surface area contributed by atoms with E-state index in [9.17, 15) is 5.26 Å². The summed E-state index contributed by atoms with van der Waals surface area (Å²) in [4.78, 5) is 0. The Balaban J connectivity index is 2.19. The van der Waals surface area contributed by atoms with Gasteiger partial charge in [0.25, 0.3) is 0 Å². The maximum atomic E-state index is 9.21. The Morgan fingerprint density at radius 1 is 0.545 bits per heavy atom. The van der Waals surface area contributed by atoms with Gasteiger partial charge in [0.05, 0.1) is 11.1 Å². The van der Waals surface area contributed by atoms with E-state index in [2.05, 4.69) is 24.3 Å². The van der Waals surface area contributed by atoms with E-state index in [1.54, 1.807) is 12.1 Å². The summed E-state index contributed by atoms with van der Waals surface area (Å²) in [5.74, 6) is 0. The van der Waals surface area contributed by atoms with Crippen molar-refractivity contribution in [1.82, 2.24) is 0 Å². The summed E-state index contributed by atoms with van der Waals surface area (Å²) in [6.07, 6.45) is 0. The molecule has 0 amide bonds. The van der Waals surface area contributed by atoms with E-state index in [1.807, 2.05) is 48.5 Å². The topological polar surface area (TPSA) is 47.6 Å². The molecule has 0 aliphatic rings. The number of hydrogen-bond acceptors (Lipinski definition) is 2. The molecular formula is C20H12N2. The Kier molecular flexibility index (Phi) is 3.69. The minimum atomic E-state index is 0.405. The lowest BCUT2D eigenvalue weighted by molar-refractivity contribution is 1.43. The summed E-state index contributed by atoms with van der Waals surface area (Å²) in [5.41, 5.74) is 5.04. The van der Waals surface area contributed by atoms with Gasteiger partial charge in [-0.25, -0.2) is 0 Å². The second-order valence-corrected chi connectivity index (χ2v) is 4.90. The van der Waals surface area contributed by atoms with Gasteiger partial charge in [0.1, 0.15) is 12.1 Å². The molecular weight excluding hydrogens is 268 g/mol. The Labute approximate surface area is 129 Å². The van der Waals surface area contributed by atoms with Gasteiger partial charge in [-0.15, -0.1) is 0 Å². The molecule has 0 aliphatic carbocycles. The predicted octanol–water partition coefficient (Wildman–Crippen LogP) is 4.76. The highest BCUT2D eigenvalue weighted by Gasteiger charge is 2.09. The first-order chi connectivity index (χ1) is 10.8. The molecule has 0 radical (unpaired) electrons. The molecule has 0 heterocycles. The molecule has 0 fully saturated rings. The fourth-order valence-electron chi connectivity index (χ4n) is 2.51. The summed E-state index contributed by atoms with van der Waals surface area (Å²) in [7, 11) is 0. The van der Waals surface area contributed by atoms with Crippen LogP contribution in [0, 0.1) is 22.7 Å². The predicted molar refractivity (Wildman–Crippen MR) is 86.7 cm³/mol. The Bertz CT molecular complexity index is 897. The third-order valence-corrected chi connectivity index (χ3v) is 3.58. The van der Waals surface area contributed by atoms with Crippen molar-refractivity contribution in [1.29, 1.82) is 10.5 Å². The average molecular weight is 280 g/mol. The van der Waals surface area contributed by atoms with Gasteiger partial charge in [0.15, 0.2) is 0 Å². The van der Waals surface area contributed by atoms with Gasteiger partial charge in [0, 0.05) is 0 Å². The molecule has 0 saturated heterocycles. The van der Waals surface area contributed by atoms with Crippen LogP contribution in [-0.4, -0.2) is 0 Å². The van der Waals surface area contributed by atoms with Crippen LogP contribution in [0.15, 0.2) is 72.8 Å². The zero-order valence-corrected chi connectivity index (χ0v) is 11.8. The van der Waals surface area contributed by atoms with Crippen LogP contribution < -0.4 is 0 Å². The molecule has 0 unspecified atom stereocenters. The highest BCUT2D eigenvalue weighted by Crippen LogP contribution is 2.32. The molecule has 0 N–H and O–H groups in total. The highest BCUT2D eigenvalue weighted by molar-refractivity contribution is 5.84. The number of nitriles is 2. The summed E-state index contributed by atoms with van der Waals surface area (Å²) < 4.78 is 0. The number of nitrogens with zero attached hydrogens (tertiary/aromatic N) is 2. The normalized spacial score (nSPS) is 9.73. The van der Waals surface area contributed by atoms with Crippen molar-refractivity contribution in [2.24, 2.45) is 0 Å². The van der Waals surface area contributed by atoms with Crippen LogP contribution in [0.25, 0.3) is 22.3 Å². The van der Waals surface area contributed by atoms with Crippen LogP contribution in [0.2, 0.25) is 0 Å². The Morgan fingerprint density at radius 3 is 1.77 bits per heavy atom. The summed E-state index contributed by atoms with van der Waals surface area (Å²) in [6, 6.07) is 27.7. The molecule has 22 heavy (non-hydrogen) atoms. The summed E-state index contributed by atoms with van der Waals surface area (Å²) in [6.45, 7) is 0. The molecule has 0 aliphatic heterocycles. The van der Waals surface area contributed by atoms with E-state index < -0.39 is 0 Å². The van der Waals surface area contributed by atoms with Crippen LogP contribution in [0.1, 0.15) is 11.1 Å². The smallest absolute Gasteiger partial charge is 0.101 e. The minimum absolute atomic E-state index is 0.405. The molecule has 0 bridgehead atoms. The van der Waals surface area contributed by atoms with Gasteiger partial charge in [-0.1, -0.05) is 60.7 Å². The van der Waals surface area contributed by atoms with Crippen molar-refractivity contribution >= 4 is 0 Å². The third-order valence-electron chi connectivity index (χ3n) is 3.58. The highest BCUT2D eigenvalue weighted by atomic mass is 14.3. The molecule has 0 atom stereocenters. The fourth-order valence-corrected chi connectivity index (χ4v) is 2.51. The van der Waals surface area contributed by atoms with E-state index in [0.717, 1.165) is 22.3 Å². The molecule has 0 spiro atoms. The molecule has 2 nitrogen and oxygen atoms in total. The Morgan fingerprint density at radius 2 is 1.14 bits per heavy atom. The summed E-state index contributed by atoms with van der Waals surface area (Å²) in [5, 5.41) is 18.2. The zero-order valence-electron chi connectivity index (χ0n) is 11.8. The quantitative estimate of drug-likeness (QED) is 0.679. The van der Waals surface area contributed by atoms with Gasteiger partial charge in [-0.2, -0.15) is 10.5 Å². The van der Waals surface area contributed by atoms with Gasteiger partial charge < -0.3 is 0 Å². The maximum Gasteiger partial charge on any atom is 0.101 e. The van der Waals surface area contributed by atoms with Crippen LogP contribution in [0.3, 0.4) is 0 Å². The molecule has 3 rings (SSSR count). The van der Waals surface area contributed by atoms with E-state index in [-0.39, 0.29) is 0 Å². The molecule has 102 valence electrons. The first-order valence-electron chi connectivity index (χ1n) is 6.92. The monoisotopic (exact) mass is 280 g/mol. The van der Waals surface area contributed by atoms with Gasteiger partial charge >= 0.3 is 0 Å². The fraction of sp³-hybridized carbons (Fsp3) is 0. The van der Waals surface area contributed by atoms with Gasteiger partial charge in [-0.3, -0.25) is 0 Å². The molecule has 3 aromatic rings. The van der Waals surface area contributed by atoms with Crippen LogP contribution >= 0.6 is 0 Å². The number of rotatable bonds is 2. The molecule has 2 heteroatoms. The lowest BCUT2D eigenvalue weighted by Crippen LogP contribution is -1.88. The van der Waals surface area contributed by atoms with E-state index in [1.165, 1.54) is 0 Å². The van der Waals surface area contributed by atoms with Gasteiger partial charge in [-0.05, 0) is 34.4 Å². The first kappa shape index (κ1) is 13.6. The maximum absolute atomic E-state index is 9.21. The second-order valence-electron chi connectivity index (χ2n) is 4.90. The van der Waals surface area contributed by atoms with Crippen LogP contribution in [0.4, 0.5) is 0 Å². The summed E-state index contributed by atoms with van der Waals surface area (Å²) >= 11 is 0. The van der Waals surface area contributed by atoms with Gasteiger partial charge in [0.2, 0.25) is 0 Å².